The van der Waals surface area contributed by atoms with Gasteiger partial charge in [0.2, 0.25) is 0 Å². The number of aliphatic hydroxyl groups excluding tert-OH is 1. The Labute approximate surface area is 167 Å². The van der Waals surface area contributed by atoms with Gasteiger partial charge >= 0.3 is 0 Å². The number of rotatable bonds is 8. The van der Waals surface area contributed by atoms with Crippen molar-refractivity contribution in [1.82, 2.24) is 15.1 Å². The number of carbonyl (C=O) groups excluding carboxylic acids is 1. The van der Waals surface area contributed by atoms with Crippen LogP contribution in [0.4, 0.5) is 10.1 Å². The van der Waals surface area contributed by atoms with Crippen LogP contribution in [0.1, 0.15) is 21.5 Å². The van der Waals surface area contributed by atoms with Gasteiger partial charge in [-0.05, 0) is 35.9 Å². The van der Waals surface area contributed by atoms with E-state index in [1.165, 1.54) is 12.1 Å². The van der Waals surface area contributed by atoms with Crippen LogP contribution in [0.15, 0.2) is 54.9 Å². The molecule has 3 rings (SSSR count). The number of amides is 1. The third kappa shape index (κ3) is 5.31. The van der Waals surface area contributed by atoms with Crippen molar-refractivity contribution in [3.05, 3.63) is 82.4 Å². The van der Waals surface area contributed by atoms with Crippen molar-refractivity contribution in [3.8, 4) is 0 Å². The summed E-state index contributed by atoms with van der Waals surface area (Å²) in [6, 6.07) is 11.4. The molecule has 0 unspecified atom stereocenters. The molecule has 3 N–H and O–H groups in total. The monoisotopic (exact) mass is 402 g/mol. The number of benzene rings is 2. The lowest BCUT2D eigenvalue weighted by atomic mass is 10.2. The minimum Gasteiger partial charge on any atom is -0.395 e. The first-order valence-corrected chi connectivity index (χ1v) is 9.11. The molecule has 6 nitrogen and oxygen atoms in total. The lowest BCUT2D eigenvalue weighted by Gasteiger charge is -2.09. The number of nitrogens with one attached hydrogen (secondary N) is 2. The van der Waals surface area contributed by atoms with Gasteiger partial charge < -0.3 is 15.7 Å². The number of carbonyl (C=O) groups is 1. The molecule has 3 aromatic rings. The summed E-state index contributed by atoms with van der Waals surface area (Å²) >= 11 is 6.18. The number of hydrogen-bond donors (Lipinski definition) is 3. The van der Waals surface area contributed by atoms with Crippen LogP contribution < -0.4 is 10.6 Å². The second kappa shape index (κ2) is 9.34. The summed E-state index contributed by atoms with van der Waals surface area (Å²) in [5, 5.41) is 19.2. The van der Waals surface area contributed by atoms with Crippen molar-refractivity contribution < 1.29 is 14.3 Å². The van der Waals surface area contributed by atoms with Crippen LogP contribution in [0.3, 0.4) is 0 Å². The van der Waals surface area contributed by atoms with Gasteiger partial charge in [-0.25, -0.2) is 4.39 Å². The molecule has 0 bridgehead atoms. The molecule has 0 aliphatic rings. The van der Waals surface area contributed by atoms with Gasteiger partial charge in [-0.3, -0.25) is 9.48 Å². The standard InChI is InChI=1S/C20H20ClFN4O2/c21-19-9-17(5-6-18(19)20(28)23-7-8-27)24-10-15-11-25-26(13-15)12-14-1-3-16(22)4-2-14/h1-6,9,11,13,24,27H,7-8,10,12H2,(H,23,28). The molecule has 0 aliphatic carbocycles. The van der Waals surface area contributed by atoms with Crippen LogP contribution in [0.2, 0.25) is 5.02 Å². The Morgan fingerprint density at radius 1 is 1.18 bits per heavy atom. The fraction of sp³-hybridized carbons (Fsp3) is 0.200. The molecule has 0 radical (unpaired) electrons. The molecule has 28 heavy (non-hydrogen) atoms. The average molecular weight is 403 g/mol. The average Bonchev–Trinajstić information content (AvgIpc) is 3.13. The molecule has 0 saturated carbocycles. The van der Waals surface area contributed by atoms with Crippen LogP contribution in [-0.2, 0) is 13.1 Å². The highest BCUT2D eigenvalue weighted by atomic mass is 35.5. The molecule has 1 aromatic heterocycles. The highest BCUT2D eigenvalue weighted by molar-refractivity contribution is 6.34. The summed E-state index contributed by atoms with van der Waals surface area (Å²) in [4.78, 5) is 11.9. The van der Waals surface area contributed by atoms with Crippen molar-refractivity contribution in [1.29, 1.82) is 0 Å². The van der Waals surface area contributed by atoms with Gasteiger partial charge in [-0.1, -0.05) is 23.7 Å². The first-order chi connectivity index (χ1) is 13.5. The first-order valence-electron chi connectivity index (χ1n) is 8.73. The summed E-state index contributed by atoms with van der Waals surface area (Å²) in [7, 11) is 0. The Balaban J connectivity index is 1.57. The fourth-order valence-electron chi connectivity index (χ4n) is 2.64. The Morgan fingerprint density at radius 2 is 1.96 bits per heavy atom. The maximum atomic E-state index is 13.0. The largest absolute Gasteiger partial charge is 0.395 e. The highest BCUT2D eigenvalue weighted by Gasteiger charge is 2.10. The number of nitrogens with zero attached hydrogens (tertiary/aromatic N) is 2. The Bertz CT molecular complexity index is 944. The summed E-state index contributed by atoms with van der Waals surface area (Å²) < 4.78 is 14.8. The van der Waals surface area contributed by atoms with Gasteiger partial charge in [0.25, 0.3) is 5.91 Å². The fourth-order valence-corrected chi connectivity index (χ4v) is 2.91. The molecule has 1 heterocycles. The van der Waals surface area contributed by atoms with Gasteiger partial charge in [0.1, 0.15) is 5.82 Å². The predicted octanol–water partition coefficient (Wildman–Crippen LogP) is 3.06. The topological polar surface area (TPSA) is 79.2 Å². The lowest BCUT2D eigenvalue weighted by Crippen LogP contribution is -2.26. The van der Waals surface area contributed by atoms with Crippen LogP contribution in [0, 0.1) is 5.82 Å². The van der Waals surface area contributed by atoms with E-state index in [9.17, 15) is 9.18 Å². The van der Waals surface area contributed by atoms with E-state index >= 15 is 0 Å². The molecule has 0 spiro atoms. The van der Waals surface area contributed by atoms with Crippen molar-refractivity contribution in [2.45, 2.75) is 13.1 Å². The van der Waals surface area contributed by atoms with E-state index in [1.54, 1.807) is 41.2 Å². The van der Waals surface area contributed by atoms with E-state index in [1.807, 2.05) is 6.20 Å². The Hall–Kier alpha value is -2.90. The van der Waals surface area contributed by atoms with Crippen molar-refractivity contribution in [2.75, 3.05) is 18.5 Å². The maximum Gasteiger partial charge on any atom is 0.252 e. The van der Waals surface area contributed by atoms with Crippen LogP contribution in [0.5, 0.6) is 0 Å². The molecule has 146 valence electrons. The SMILES string of the molecule is O=C(NCCO)c1ccc(NCc2cnn(Cc3ccc(F)cc3)c2)cc1Cl. The molecule has 2 aromatic carbocycles. The summed E-state index contributed by atoms with van der Waals surface area (Å²) in [6.45, 7) is 1.15. The zero-order valence-corrected chi connectivity index (χ0v) is 15.8. The Morgan fingerprint density at radius 3 is 2.68 bits per heavy atom. The quantitative estimate of drug-likeness (QED) is 0.541. The van der Waals surface area contributed by atoms with Gasteiger partial charge in [-0.2, -0.15) is 5.10 Å². The molecule has 0 fully saturated rings. The molecular formula is C20H20ClFN4O2. The van der Waals surface area contributed by atoms with Crippen molar-refractivity contribution >= 4 is 23.2 Å². The number of aliphatic hydroxyl groups is 1. The smallest absolute Gasteiger partial charge is 0.252 e. The molecule has 0 atom stereocenters. The summed E-state index contributed by atoms with van der Waals surface area (Å²) in [5.74, 6) is -0.586. The molecule has 8 heteroatoms. The van der Waals surface area contributed by atoms with E-state index in [0.29, 0.717) is 23.7 Å². The molecular weight excluding hydrogens is 383 g/mol. The lowest BCUT2D eigenvalue weighted by molar-refractivity contribution is 0.0945. The molecule has 0 aliphatic heterocycles. The van der Waals surface area contributed by atoms with E-state index in [-0.39, 0.29) is 24.9 Å². The number of aromatic nitrogens is 2. The number of halogens is 2. The highest BCUT2D eigenvalue weighted by Crippen LogP contribution is 2.21. The maximum absolute atomic E-state index is 13.0. The first kappa shape index (κ1) is 19.9. The van der Waals surface area contributed by atoms with E-state index in [0.717, 1.165) is 16.8 Å². The number of anilines is 1. The van der Waals surface area contributed by atoms with Gasteiger partial charge in [0, 0.05) is 30.5 Å². The minimum absolute atomic E-state index is 0.127. The normalized spacial score (nSPS) is 10.7. The predicted molar refractivity (Wildman–Crippen MR) is 106 cm³/mol. The van der Waals surface area contributed by atoms with Crippen LogP contribution >= 0.6 is 11.6 Å². The van der Waals surface area contributed by atoms with E-state index in [2.05, 4.69) is 15.7 Å². The van der Waals surface area contributed by atoms with Crippen LogP contribution in [0.25, 0.3) is 0 Å². The minimum atomic E-state index is -0.326. The molecule has 1 amide bonds. The second-order valence-corrected chi connectivity index (χ2v) is 6.61. The van der Waals surface area contributed by atoms with Gasteiger partial charge in [0.05, 0.1) is 29.9 Å². The third-order valence-electron chi connectivity index (χ3n) is 4.05. The summed E-state index contributed by atoms with van der Waals surface area (Å²) in [6.07, 6.45) is 3.67. The van der Waals surface area contributed by atoms with E-state index in [4.69, 9.17) is 16.7 Å². The van der Waals surface area contributed by atoms with Gasteiger partial charge in [-0.15, -0.1) is 0 Å². The van der Waals surface area contributed by atoms with Gasteiger partial charge in [0.15, 0.2) is 0 Å². The summed E-state index contributed by atoms with van der Waals surface area (Å²) in [5.41, 5.74) is 3.07. The third-order valence-corrected chi connectivity index (χ3v) is 4.36. The zero-order chi connectivity index (χ0) is 19.9. The van der Waals surface area contributed by atoms with E-state index < -0.39 is 0 Å². The van der Waals surface area contributed by atoms with Crippen molar-refractivity contribution in [2.24, 2.45) is 0 Å². The second-order valence-electron chi connectivity index (χ2n) is 6.20. The molecule has 0 saturated heterocycles. The Kier molecular flexibility index (Phi) is 6.62. The van der Waals surface area contributed by atoms with Crippen molar-refractivity contribution in [3.63, 3.8) is 0 Å². The van der Waals surface area contributed by atoms with Crippen LogP contribution in [-0.4, -0.2) is 33.9 Å². The number of hydrogen-bond acceptors (Lipinski definition) is 4. The zero-order valence-electron chi connectivity index (χ0n) is 15.0.